The van der Waals surface area contributed by atoms with Crippen LogP contribution < -0.4 is 4.90 Å². The second-order valence-electron chi connectivity index (χ2n) is 15.2. The van der Waals surface area contributed by atoms with Gasteiger partial charge >= 0.3 is 5.97 Å². The molecule has 53 heavy (non-hydrogen) atoms. The number of esters is 1. The number of hydrogen-bond acceptors (Lipinski definition) is 11. The van der Waals surface area contributed by atoms with Crippen molar-refractivity contribution in [1.29, 1.82) is 0 Å². The highest BCUT2D eigenvalue weighted by Crippen LogP contribution is 2.30. The number of aryl methyl sites for hydroxylation is 1. The predicted octanol–water partition coefficient (Wildman–Crippen LogP) is 6.03. The van der Waals surface area contributed by atoms with Crippen LogP contribution in [0.4, 0.5) is 5.69 Å². The Kier molecular flexibility index (Phi) is 16.2. The predicted molar refractivity (Wildman–Crippen MR) is 204 cm³/mol. The van der Waals surface area contributed by atoms with E-state index >= 15 is 0 Å². The first-order valence-corrected chi connectivity index (χ1v) is 19.1. The number of nitrogens with zero attached hydrogens (tertiary/aromatic N) is 4. The molecule has 0 saturated carbocycles. The first-order valence-electron chi connectivity index (χ1n) is 19.1. The minimum Gasteiger partial charge on any atom is -0.462 e. The number of hydrogen-bond donors (Lipinski definition) is 1. The first kappa shape index (κ1) is 42.3. The lowest BCUT2D eigenvalue weighted by molar-refractivity contribution is -0.304. The maximum Gasteiger partial charge on any atom is 0.306 e. The number of benzene rings is 1. The van der Waals surface area contributed by atoms with Crippen molar-refractivity contribution >= 4 is 17.4 Å². The molecule has 1 saturated heterocycles. The fraction of sp³-hybridized carbons (Fsp3) is 0.659. The maximum absolute atomic E-state index is 13.4. The zero-order valence-electron chi connectivity index (χ0n) is 33.1. The van der Waals surface area contributed by atoms with Gasteiger partial charge in [0.05, 0.1) is 18.9 Å². The van der Waals surface area contributed by atoms with E-state index in [1.165, 1.54) is 14.2 Å². The van der Waals surface area contributed by atoms with Gasteiger partial charge in [-0.05, 0) is 76.0 Å². The van der Waals surface area contributed by atoms with Crippen LogP contribution in [0.3, 0.4) is 0 Å². The molecule has 3 heterocycles. The van der Waals surface area contributed by atoms with Gasteiger partial charge in [0.1, 0.15) is 30.1 Å². The smallest absolute Gasteiger partial charge is 0.306 e. The average Bonchev–Trinajstić information content (AvgIpc) is 3.62. The summed E-state index contributed by atoms with van der Waals surface area (Å²) >= 11 is 0. The Balaban J connectivity index is 1.46. The van der Waals surface area contributed by atoms with E-state index in [0.717, 1.165) is 41.8 Å². The van der Waals surface area contributed by atoms with Gasteiger partial charge in [-0.1, -0.05) is 55.8 Å². The molecule has 0 spiro atoms. The number of anilines is 1. The van der Waals surface area contributed by atoms with E-state index < -0.39 is 36.8 Å². The van der Waals surface area contributed by atoms with Gasteiger partial charge in [-0.25, -0.2) is 0 Å². The Hall–Kier alpha value is -3.42. The number of ketones is 1. The van der Waals surface area contributed by atoms with E-state index in [1.807, 2.05) is 57.9 Å². The summed E-state index contributed by atoms with van der Waals surface area (Å²) in [6.07, 6.45) is 7.53. The third-order valence-corrected chi connectivity index (χ3v) is 10.6. The molecule has 0 bridgehead atoms. The van der Waals surface area contributed by atoms with Crippen molar-refractivity contribution in [3.63, 3.8) is 0 Å². The van der Waals surface area contributed by atoms with Crippen molar-refractivity contribution in [1.82, 2.24) is 15.0 Å². The highest BCUT2D eigenvalue weighted by molar-refractivity contribution is 5.91. The maximum atomic E-state index is 13.4. The number of aliphatic hydroxyl groups excluding tert-OH is 1. The van der Waals surface area contributed by atoms with Crippen LogP contribution in [-0.4, -0.2) is 104 Å². The molecule has 2 aliphatic heterocycles. The second-order valence-corrected chi connectivity index (χ2v) is 15.2. The summed E-state index contributed by atoms with van der Waals surface area (Å²) in [5.41, 5.74) is 3.82. The molecule has 12 nitrogen and oxygen atoms in total. The van der Waals surface area contributed by atoms with E-state index in [9.17, 15) is 14.7 Å². The van der Waals surface area contributed by atoms with Gasteiger partial charge < -0.3 is 33.7 Å². The second kappa shape index (κ2) is 20.3. The Morgan fingerprint density at radius 3 is 2.40 bits per heavy atom. The minimum absolute atomic E-state index is 0.0784. The number of rotatable bonds is 11. The van der Waals surface area contributed by atoms with Crippen molar-refractivity contribution in [2.75, 3.05) is 39.8 Å². The van der Waals surface area contributed by atoms with Crippen LogP contribution in [0.1, 0.15) is 73.1 Å². The molecule has 0 amide bonds. The summed E-state index contributed by atoms with van der Waals surface area (Å²) in [7, 11) is 7.08. The van der Waals surface area contributed by atoms with Gasteiger partial charge in [-0.3, -0.25) is 14.3 Å². The van der Waals surface area contributed by atoms with Crippen LogP contribution in [0.25, 0.3) is 11.3 Å². The number of cyclic esters (lactones) is 1. The van der Waals surface area contributed by atoms with Crippen LogP contribution in [0, 0.1) is 23.7 Å². The normalized spacial score (nSPS) is 30.9. The van der Waals surface area contributed by atoms with Gasteiger partial charge in [-0.2, -0.15) is 0 Å². The Morgan fingerprint density at radius 1 is 1.02 bits per heavy atom. The lowest BCUT2D eigenvalue weighted by atomic mass is 9.83. The molecule has 0 radical (unpaired) electrons. The van der Waals surface area contributed by atoms with Crippen molar-refractivity contribution < 1.29 is 38.4 Å². The van der Waals surface area contributed by atoms with Crippen molar-refractivity contribution in [2.45, 2.75) is 116 Å². The molecule has 2 aromatic rings. The monoisotopic (exact) mass is 738 g/mol. The topological polar surface area (TPSA) is 134 Å². The summed E-state index contributed by atoms with van der Waals surface area (Å²) in [5, 5.41) is 19.4. The SMILES string of the molecule is CCC1OC(=O)CCC(C)CC(CCn2cc(-c3ccc(N(C)C)cc3)nn2)CC(C)C(=O)C=CC(C)=CC1COC1OC(C)C(O)C(OC)C1OC. The summed E-state index contributed by atoms with van der Waals surface area (Å²) in [5.74, 6) is -0.143. The van der Waals surface area contributed by atoms with Crippen molar-refractivity contribution in [3.8, 4) is 11.3 Å². The molecule has 1 N–H and O–H groups in total. The molecular weight excluding hydrogens is 676 g/mol. The summed E-state index contributed by atoms with van der Waals surface area (Å²) in [6.45, 7) is 10.7. The molecular formula is C41H62N4O8. The number of ether oxygens (including phenoxy) is 5. The molecule has 12 heteroatoms. The van der Waals surface area contributed by atoms with Crippen LogP contribution in [0.2, 0.25) is 0 Å². The highest BCUT2D eigenvalue weighted by Gasteiger charge is 2.45. The summed E-state index contributed by atoms with van der Waals surface area (Å²) in [6, 6.07) is 8.25. The number of aromatic nitrogens is 3. The zero-order valence-corrected chi connectivity index (χ0v) is 33.1. The fourth-order valence-electron chi connectivity index (χ4n) is 7.36. The average molecular weight is 739 g/mol. The van der Waals surface area contributed by atoms with Gasteiger partial charge in [0.15, 0.2) is 12.1 Å². The Morgan fingerprint density at radius 2 is 1.74 bits per heavy atom. The molecule has 0 aliphatic carbocycles. The number of methoxy groups -OCH3 is 2. The fourth-order valence-corrected chi connectivity index (χ4v) is 7.36. The van der Waals surface area contributed by atoms with E-state index in [2.05, 4.69) is 46.4 Å². The van der Waals surface area contributed by atoms with Crippen LogP contribution in [0.5, 0.6) is 0 Å². The van der Waals surface area contributed by atoms with E-state index in [-0.39, 0.29) is 42.0 Å². The van der Waals surface area contributed by atoms with Gasteiger partial charge in [-0.15, -0.1) is 5.10 Å². The largest absolute Gasteiger partial charge is 0.462 e. The number of carbonyl (C=O) groups excluding carboxylic acids is 2. The third-order valence-electron chi connectivity index (χ3n) is 10.6. The first-order chi connectivity index (χ1) is 25.3. The van der Waals surface area contributed by atoms with E-state index in [4.69, 9.17) is 23.7 Å². The minimum atomic E-state index is -0.874. The quantitative estimate of drug-likeness (QED) is 0.271. The van der Waals surface area contributed by atoms with Crippen LogP contribution in [0.15, 0.2) is 54.3 Å². The zero-order chi connectivity index (χ0) is 38.7. The summed E-state index contributed by atoms with van der Waals surface area (Å²) < 4.78 is 31.4. The number of allylic oxidation sites excluding steroid dienone is 3. The molecule has 10 atom stereocenters. The molecule has 10 unspecified atom stereocenters. The van der Waals surface area contributed by atoms with E-state index in [1.54, 1.807) is 13.0 Å². The lowest BCUT2D eigenvalue weighted by Gasteiger charge is -2.42. The van der Waals surface area contributed by atoms with Crippen molar-refractivity contribution in [3.05, 3.63) is 54.3 Å². The molecule has 294 valence electrons. The molecule has 2 aliphatic rings. The number of aliphatic hydroxyl groups is 1. The third kappa shape index (κ3) is 12.0. The number of carbonyl (C=O) groups is 2. The van der Waals surface area contributed by atoms with Crippen LogP contribution >= 0.6 is 0 Å². The molecule has 1 fully saturated rings. The standard InChI is InChI=1S/C41H62N4O8/c1-10-36-32(25-51-41-40(50-9)39(49-8)38(48)29(5)52-41)22-27(3)11-17-35(46)28(4)23-30(21-26(2)12-18-37(47)53-36)19-20-45-24-34(42-43-45)31-13-15-33(16-14-31)44(6)7/h11,13-17,22,24,26,28-30,32,36,38-41,48H,10,12,18-21,23,25H2,1-9H3. The van der Waals surface area contributed by atoms with Gasteiger partial charge in [0.25, 0.3) is 0 Å². The molecule has 4 rings (SSSR count). The van der Waals surface area contributed by atoms with Crippen LogP contribution in [-0.2, 0) is 39.8 Å². The van der Waals surface area contributed by atoms with Crippen molar-refractivity contribution in [2.24, 2.45) is 23.7 Å². The highest BCUT2D eigenvalue weighted by atomic mass is 16.7. The molecule has 1 aromatic carbocycles. The lowest BCUT2D eigenvalue weighted by Crippen LogP contribution is -2.59. The summed E-state index contributed by atoms with van der Waals surface area (Å²) in [4.78, 5) is 28.8. The van der Waals surface area contributed by atoms with E-state index in [0.29, 0.717) is 25.8 Å². The Labute approximate surface area is 315 Å². The Bertz CT molecular complexity index is 1510. The molecule has 1 aromatic heterocycles. The van der Waals surface area contributed by atoms with Gasteiger partial charge in [0, 0.05) is 64.4 Å². The van der Waals surface area contributed by atoms with Gasteiger partial charge in [0.2, 0.25) is 0 Å².